The second-order valence-electron chi connectivity index (χ2n) is 5.01. The number of halogens is 1. The molecule has 18 heavy (non-hydrogen) atoms. The zero-order chi connectivity index (χ0) is 13.8. The van der Waals surface area contributed by atoms with Crippen LogP contribution in [-0.2, 0) is 16.2 Å². The van der Waals surface area contributed by atoms with Gasteiger partial charge in [-0.3, -0.25) is 0 Å². The van der Waals surface area contributed by atoms with E-state index >= 15 is 0 Å². The van der Waals surface area contributed by atoms with Crippen LogP contribution in [0.2, 0.25) is 0 Å². The number of rotatable bonds is 5. The van der Waals surface area contributed by atoms with Crippen LogP contribution in [0.15, 0.2) is 28.7 Å². The average molecular weight is 332 g/mol. The minimum atomic E-state index is -1.20. The SMILES string of the molecule is CC(C)(C)[S+]([O-])NC(CC=O)c1ccc(Br)cc1. The number of benzene rings is 1. The molecule has 1 N–H and O–H groups in total. The number of nitrogens with one attached hydrogen (secondary N) is 1. The molecule has 1 rings (SSSR count). The summed E-state index contributed by atoms with van der Waals surface area (Å²) in [6.45, 7) is 5.70. The molecule has 0 spiro atoms. The van der Waals surface area contributed by atoms with Crippen molar-refractivity contribution >= 4 is 33.6 Å². The van der Waals surface area contributed by atoms with E-state index in [1.54, 1.807) is 0 Å². The molecule has 1 aromatic carbocycles. The third-order valence-corrected chi connectivity index (χ3v) is 4.55. The quantitative estimate of drug-likeness (QED) is 0.666. The molecule has 0 saturated carbocycles. The first kappa shape index (κ1) is 15.7. The fourth-order valence-electron chi connectivity index (χ4n) is 1.35. The Labute approximate surface area is 120 Å². The maximum atomic E-state index is 12.1. The van der Waals surface area contributed by atoms with Crippen LogP contribution in [0.3, 0.4) is 0 Å². The molecule has 5 heteroatoms. The molecule has 2 atom stereocenters. The molecular formula is C13H18BrNO2S. The van der Waals surface area contributed by atoms with E-state index < -0.39 is 11.4 Å². The minimum absolute atomic E-state index is 0.212. The summed E-state index contributed by atoms with van der Waals surface area (Å²) in [5, 5.41) is 0. The molecule has 0 aromatic heterocycles. The zero-order valence-electron chi connectivity index (χ0n) is 10.8. The Morgan fingerprint density at radius 1 is 1.39 bits per heavy atom. The summed E-state index contributed by atoms with van der Waals surface area (Å²) < 4.78 is 15.7. The lowest BCUT2D eigenvalue weighted by Crippen LogP contribution is -2.41. The minimum Gasteiger partial charge on any atom is -0.598 e. The lowest BCUT2D eigenvalue weighted by Gasteiger charge is -2.27. The molecule has 3 nitrogen and oxygen atoms in total. The van der Waals surface area contributed by atoms with Crippen molar-refractivity contribution < 1.29 is 9.35 Å². The Hall–Kier alpha value is -0.360. The molecule has 0 bridgehead atoms. The van der Waals surface area contributed by atoms with E-state index in [-0.39, 0.29) is 10.8 Å². The highest BCUT2D eigenvalue weighted by molar-refractivity contribution is 9.10. The molecule has 0 aliphatic rings. The van der Waals surface area contributed by atoms with Gasteiger partial charge in [0.2, 0.25) is 0 Å². The van der Waals surface area contributed by atoms with Gasteiger partial charge in [0.25, 0.3) is 0 Å². The van der Waals surface area contributed by atoms with E-state index in [1.807, 2.05) is 45.0 Å². The summed E-state index contributed by atoms with van der Waals surface area (Å²) in [6.07, 6.45) is 1.16. The van der Waals surface area contributed by atoms with Gasteiger partial charge in [0.15, 0.2) is 0 Å². The predicted octanol–water partition coefficient (Wildman–Crippen LogP) is 3.13. The van der Waals surface area contributed by atoms with E-state index in [9.17, 15) is 9.35 Å². The van der Waals surface area contributed by atoms with Gasteiger partial charge in [-0.25, -0.2) is 0 Å². The van der Waals surface area contributed by atoms with Gasteiger partial charge < -0.3 is 9.35 Å². The van der Waals surface area contributed by atoms with Crippen molar-refractivity contribution in [3.05, 3.63) is 34.3 Å². The highest BCUT2D eigenvalue weighted by atomic mass is 79.9. The van der Waals surface area contributed by atoms with Crippen molar-refractivity contribution in [3.63, 3.8) is 0 Å². The molecule has 2 unspecified atom stereocenters. The average Bonchev–Trinajstić information content (AvgIpc) is 2.28. The van der Waals surface area contributed by atoms with Gasteiger partial charge in [-0.15, -0.1) is 4.72 Å². The lowest BCUT2D eigenvalue weighted by atomic mass is 10.1. The largest absolute Gasteiger partial charge is 0.598 e. The van der Waals surface area contributed by atoms with Crippen LogP contribution in [0, 0.1) is 0 Å². The van der Waals surface area contributed by atoms with Crippen LogP contribution in [0.25, 0.3) is 0 Å². The Bertz CT molecular complexity index is 389. The third kappa shape index (κ3) is 4.72. The normalized spacial score (nSPS) is 15.2. The van der Waals surface area contributed by atoms with Gasteiger partial charge in [-0.2, -0.15) is 0 Å². The fourth-order valence-corrected chi connectivity index (χ4v) is 2.46. The molecule has 0 saturated heterocycles. The van der Waals surface area contributed by atoms with E-state index in [2.05, 4.69) is 20.7 Å². The zero-order valence-corrected chi connectivity index (χ0v) is 13.2. The van der Waals surface area contributed by atoms with Crippen LogP contribution in [0.4, 0.5) is 0 Å². The van der Waals surface area contributed by atoms with Crippen LogP contribution >= 0.6 is 15.9 Å². The molecule has 0 aliphatic heterocycles. The summed E-state index contributed by atoms with van der Waals surface area (Å²) >= 11 is 2.17. The first-order valence-electron chi connectivity index (χ1n) is 5.71. The van der Waals surface area contributed by atoms with Crippen molar-refractivity contribution in [2.75, 3.05) is 0 Å². The lowest BCUT2D eigenvalue weighted by molar-refractivity contribution is -0.108. The van der Waals surface area contributed by atoms with Crippen LogP contribution in [-0.4, -0.2) is 15.6 Å². The summed E-state index contributed by atoms with van der Waals surface area (Å²) in [4.78, 5) is 10.7. The van der Waals surface area contributed by atoms with Gasteiger partial charge in [-0.05, 0) is 38.5 Å². The van der Waals surface area contributed by atoms with Gasteiger partial charge in [-0.1, -0.05) is 28.1 Å². The molecule has 0 radical (unpaired) electrons. The fraction of sp³-hybridized carbons (Fsp3) is 0.462. The first-order valence-corrected chi connectivity index (χ1v) is 7.66. The predicted molar refractivity (Wildman–Crippen MR) is 78.6 cm³/mol. The van der Waals surface area contributed by atoms with Crippen molar-refractivity contribution in [2.45, 2.75) is 38.0 Å². The summed E-state index contributed by atoms with van der Waals surface area (Å²) in [5.74, 6) is 0. The number of aldehydes is 1. The highest BCUT2D eigenvalue weighted by Crippen LogP contribution is 2.23. The highest BCUT2D eigenvalue weighted by Gasteiger charge is 2.29. The standard InChI is InChI=1S/C13H18BrNO2S/c1-13(2,3)18(17)15-12(8-9-16)10-4-6-11(14)7-5-10/h4-7,9,12,15H,8H2,1-3H3. The topological polar surface area (TPSA) is 52.2 Å². The van der Waals surface area contributed by atoms with E-state index in [0.29, 0.717) is 6.42 Å². The number of hydrogen-bond donors (Lipinski definition) is 1. The molecular weight excluding hydrogens is 314 g/mol. The Balaban J connectivity index is 2.83. The molecule has 1 aromatic rings. The number of carbonyl (C=O) groups is 1. The number of hydrogen-bond acceptors (Lipinski definition) is 3. The van der Waals surface area contributed by atoms with Crippen LogP contribution < -0.4 is 4.72 Å². The van der Waals surface area contributed by atoms with Gasteiger partial charge in [0.05, 0.1) is 6.04 Å². The van der Waals surface area contributed by atoms with Gasteiger partial charge in [0.1, 0.15) is 11.0 Å². The van der Waals surface area contributed by atoms with Crippen molar-refractivity contribution in [1.29, 1.82) is 0 Å². The van der Waals surface area contributed by atoms with E-state index in [4.69, 9.17) is 0 Å². The second kappa shape index (κ2) is 6.70. The van der Waals surface area contributed by atoms with Gasteiger partial charge in [0, 0.05) is 22.3 Å². The van der Waals surface area contributed by atoms with E-state index in [0.717, 1.165) is 16.3 Å². The van der Waals surface area contributed by atoms with Crippen molar-refractivity contribution in [3.8, 4) is 0 Å². The van der Waals surface area contributed by atoms with E-state index in [1.165, 1.54) is 0 Å². The Kier molecular flexibility index (Phi) is 5.85. The first-order chi connectivity index (χ1) is 8.34. The molecule has 100 valence electrons. The second-order valence-corrected chi connectivity index (χ2v) is 7.92. The third-order valence-electron chi connectivity index (χ3n) is 2.41. The van der Waals surface area contributed by atoms with Crippen molar-refractivity contribution in [1.82, 2.24) is 4.72 Å². The monoisotopic (exact) mass is 331 g/mol. The molecule has 0 fully saturated rings. The maximum absolute atomic E-state index is 12.1. The van der Waals surface area contributed by atoms with Crippen LogP contribution in [0.1, 0.15) is 38.8 Å². The Morgan fingerprint density at radius 3 is 2.39 bits per heavy atom. The smallest absolute Gasteiger partial charge is 0.136 e. The summed E-state index contributed by atoms with van der Waals surface area (Å²) in [5.41, 5.74) is 0.961. The Morgan fingerprint density at radius 2 is 1.94 bits per heavy atom. The summed E-state index contributed by atoms with van der Waals surface area (Å²) in [6, 6.07) is 7.45. The maximum Gasteiger partial charge on any atom is 0.136 e. The van der Waals surface area contributed by atoms with Gasteiger partial charge >= 0.3 is 0 Å². The number of carbonyl (C=O) groups excluding carboxylic acids is 1. The summed E-state index contributed by atoms with van der Waals surface area (Å²) in [7, 11) is 0. The van der Waals surface area contributed by atoms with Crippen molar-refractivity contribution in [2.24, 2.45) is 0 Å². The molecule has 0 amide bonds. The van der Waals surface area contributed by atoms with Crippen LogP contribution in [0.5, 0.6) is 0 Å². The molecule has 0 aliphatic carbocycles. The molecule has 0 heterocycles.